The minimum Gasteiger partial charge on any atom is -0.0532 e. The second kappa shape index (κ2) is 11.3. The molecule has 0 radical (unpaired) electrons. The number of urea groups is 1. The van der Waals surface area contributed by atoms with Crippen molar-refractivity contribution >= 4 is 11.7 Å². The Balaban J connectivity index is 1.51. The minimum absolute atomic E-state index is 0.0519. The molecule has 0 aliphatic heterocycles. The molecule has 168 valence electrons. The summed E-state index contributed by atoms with van der Waals surface area (Å²) in [7, 11) is 0. The van der Waals surface area contributed by atoms with Crippen molar-refractivity contribution in [1.82, 2.24) is 10.3 Å². The summed E-state index contributed by atoms with van der Waals surface area (Å²) in [4.78, 5) is 19.4. The third kappa shape index (κ3) is 5.77. The molecular formula is C25H27IN3O3-. The van der Waals surface area contributed by atoms with Crippen LogP contribution in [0.2, 0.25) is 0 Å². The van der Waals surface area contributed by atoms with Gasteiger partial charge in [-0.1, -0.05) is 49.6 Å². The number of pyridine rings is 1. The smallest absolute Gasteiger partial charge is 0.0532 e. The van der Waals surface area contributed by atoms with Crippen molar-refractivity contribution in [3.05, 3.63) is 78.5 Å². The Morgan fingerprint density at radius 2 is 1.72 bits per heavy atom. The van der Waals surface area contributed by atoms with Crippen LogP contribution in [0.5, 0.6) is 5.88 Å². The molecule has 1 saturated carbocycles. The minimum atomic E-state index is -1.29. The number of nitrogens with zero attached hydrogens (tertiary/aromatic N) is 2. The van der Waals surface area contributed by atoms with Gasteiger partial charge in [0.05, 0.1) is 0 Å². The summed E-state index contributed by atoms with van der Waals surface area (Å²) in [6.07, 6.45) is 7.33. The van der Waals surface area contributed by atoms with Crippen molar-refractivity contribution in [2.45, 2.75) is 44.7 Å². The van der Waals surface area contributed by atoms with Crippen LogP contribution < -0.4 is 35.3 Å². The molecule has 0 atom stereocenters. The Hall–Kier alpha value is -2.65. The summed E-state index contributed by atoms with van der Waals surface area (Å²) in [5.41, 5.74) is 3.96. The molecule has 0 spiro atoms. The van der Waals surface area contributed by atoms with Crippen LogP contribution >= 0.6 is 0 Å². The predicted octanol–water partition coefficient (Wildman–Crippen LogP) is 2.09. The molecule has 1 heterocycles. The van der Waals surface area contributed by atoms with Gasteiger partial charge in [-0.2, -0.15) is 0 Å². The first kappa shape index (κ1) is 22.5. The monoisotopic (exact) mass is 544 g/mol. The molecule has 2 amide bonds. The summed E-state index contributed by atoms with van der Waals surface area (Å²) >= 11 is -1.29. The molecule has 32 heavy (non-hydrogen) atoms. The van der Waals surface area contributed by atoms with Crippen molar-refractivity contribution in [3.8, 4) is 17.0 Å². The number of carbonyl (C=O) groups excluding carboxylic acids is 1. The van der Waals surface area contributed by atoms with Gasteiger partial charge < -0.3 is 0 Å². The van der Waals surface area contributed by atoms with Gasteiger partial charge in [-0.15, -0.1) is 0 Å². The number of halogens is 1. The van der Waals surface area contributed by atoms with Gasteiger partial charge in [0.15, 0.2) is 0 Å². The van der Waals surface area contributed by atoms with Crippen molar-refractivity contribution < 1.29 is 33.3 Å². The van der Waals surface area contributed by atoms with Crippen LogP contribution in [0.15, 0.2) is 72.9 Å². The number of benzene rings is 2. The summed E-state index contributed by atoms with van der Waals surface area (Å²) in [5, 5.41) is 3.10. The topological polar surface area (TPSA) is 74.7 Å². The summed E-state index contributed by atoms with van der Waals surface area (Å²) in [6.45, 7) is 0.511. The van der Waals surface area contributed by atoms with Gasteiger partial charge in [0.2, 0.25) is 0 Å². The molecule has 2 N–H and O–H groups in total. The van der Waals surface area contributed by atoms with E-state index in [2.05, 4.69) is 10.3 Å². The van der Waals surface area contributed by atoms with E-state index in [1.54, 1.807) is 12.3 Å². The van der Waals surface area contributed by atoms with Crippen molar-refractivity contribution in [1.29, 1.82) is 0 Å². The Labute approximate surface area is 200 Å². The van der Waals surface area contributed by atoms with Gasteiger partial charge in [-0.3, -0.25) is 0 Å². The second-order valence-corrected chi connectivity index (χ2v) is 8.72. The molecule has 3 aromatic rings. The number of rotatable bonds is 7. The fourth-order valence-corrected chi connectivity index (χ4v) is 4.60. The third-order valence-electron chi connectivity index (χ3n) is 5.77. The average Bonchev–Trinajstić information content (AvgIpc) is 2.85. The third-order valence-corrected chi connectivity index (χ3v) is 6.42. The van der Waals surface area contributed by atoms with Gasteiger partial charge in [0.1, 0.15) is 0 Å². The van der Waals surface area contributed by atoms with Crippen LogP contribution in [0.25, 0.3) is 11.1 Å². The van der Waals surface area contributed by atoms with Crippen molar-refractivity contribution in [2.75, 3.05) is 4.90 Å². The Kier molecular flexibility index (Phi) is 7.95. The van der Waals surface area contributed by atoms with Gasteiger partial charge in [-0.05, 0) is 5.56 Å². The van der Waals surface area contributed by atoms with E-state index >= 15 is 0 Å². The maximum atomic E-state index is 13.2. The van der Waals surface area contributed by atoms with Crippen LogP contribution in [0.1, 0.15) is 37.7 Å². The molecule has 4 rings (SSSR count). The first-order valence-corrected chi connectivity index (χ1v) is 12.7. The molecular weight excluding hydrogens is 517 g/mol. The maximum absolute atomic E-state index is 13.2. The van der Waals surface area contributed by atoms with E-state index in [4.69, 9.17) is 6.50 Å². The Morgan fingerprint density at radius 3 is 2.38 bits per heavy atom. The number of anilines is 1. The SMILES string of the molecule is O=C(NCc1ccccc1)N(c1ccc(-c2ccc(O[I-]O)nc2)cc1)C1CCCCC1. The van der Waals surface area contributed by atoms with E-state index in [9.17, 15) is 4.79 Å². The fraction of sp³-hybridized carbons (Fsp3) is 0.280. The standard InChI is InChI=1S/C25H27IN3O3/c30-25(28-17-19-7-3-1-4-8-19)29(22-9-5-2-6-10-22)23-14-11-20(12-15-23)21-13-16-24(27-18-21)32-26-31/h1,3-4,7-8,11-16,18,22,31H,2,5-6,9-10,17H2,(H,28,30)/q-1. The van der Waals surface area contributed by atoms with E-state index in [0.29, 0.717) is 12.4 Å². The first-order chi connectivity index (χ1) is 15.7. The summed E-state index contributed by atoms with van der Waals surface area (Å²) in [6, 6.07) is 21.9. The number of hydrogen-bond acceptors (Lipinski definition) is 4. The zero-order chi connectivity index (χ0) is 22.2. The van der Waals surface area contributed by atoms with Crippen LogP contribution in [0.3, 0.4) is 0 Å². The molecule has 7 heteroatoms. The molecule has 2 aromatic carbocycles. The zero-order valence-corrected chi connectivity index (χ0v) is 19.9. The molecule has 1 aliphatic carbocycles. The number of amides is 2. The first-order valence-electron chi connectivity index (χ1n) is 10.9. The van der Waals surface area contributed by atoms with Gasteiger partial charge in [-0.25, -0.2) is 0 Å². The fourth-order valence-electron chi connectivity index (χ4n) is 4.14. The molecule has 1 aromatic heterocycles. The number of aromatic nitrogens is 1. The molecule has 1 aliphatic rings. The van der Waals surface area contributed by atoms with E-state index in [0.717, 1.165) is 48.1 Å². The van der Waals surface area contributed by atoms with Crippen LogP contribution in [-0.4, -0.2) is 20.5 Å². The van der Waals surface area contributed by atoms with Gasteiger partial charge in [0.25, 0.3) is 0 Å². The number of carbonyl (C=O) groups is 1. The Bertz CT molecular complexity index is 991. The average molecular weight is 544 g/mol. The predicted molar refractivity (Wildman–Crippen MR) is 121 cm³/mol. The van der Waals surface area contributed by atoms with Gasteiger partial charge >= 0.3 is 139 Å². The van der Waals surface area contributed by atoms with Gasteiger partial charge in [0, 0.05) is 6.54 Å². The van der Waals surface area contributed by atoms with Crippen molar-refractivity contribution in [3.63, 3.8) is 0 Å². The van der Waals surface area contributed by atoms with E-state index in [1.165, 1.54) is 6.42 Å². The summed E-state index contributed by atoms with van der Waals surface area (Å²) in [5.74, 6) is 0.430. The molecule has 0 unspecified atom stereocenters. The van der Waals surface area contributed by atoms with Crippen LogP contribution in [0.4, 0.5) is 10.5 Å². The number of hydrogen-bond donors (Lipinski definition) is 2. The van der Waals surface area contributed by atoms with E-state index in [-0.39, 0.29) is 12.1 Å². The van der Waals surface area contributed by atoms with E-state index in [1.807, 2.05) is 65.6 Å². The number of nitrogens with one attached hydrogen (secondary N) is 1. The molecule has 6 nitrogen and oxygen atoms in total. The zero-order valence-electron chi connectivity index (χ0n) is 17.8. The van der Waals surface area contributed by atoms with Crippen molar-refractivity contribution in [2.24, 2.45) is 0 Å². The van der Waals surface area contributed by atoms with Crippen LogP contribution in [-0.2, 0) is 6.54 Å². The normalized spacial score (nSPS) is 14.2. The molecule has 0 bridgehead atoms. The molecule has 0 saturated heterocycles. The quantitative estimate of drug-likeness (QED) is 0.447. The van der Waals surface area contributed by atoms with E-state index < -0.39 is 22.0 Å². The van der Waals surface area contributed by atoms with Crippen LogP contribution in [0, 0.1) is 0 Å². The summed E-state index contributed by atoms with van der Waals surface area (Å²) < 4.78 is 14.1. The second-order valence-electron chi connectivity index (χ2n) is 7.88. The Morgan fingerprint density at radius 1 is 1.00 bits per heavy atom. The molecule has 1 fully saturated rings.